The van der Waals surface area contributed by atoms with Crippen molar-refractivity contribution in [2.45, 2.75) is 26.8 Å². The molecule has 0 bridgehead atoms. The normalized spacial score (nSPS) is 12.2. The lowest BCUT2D eigenvalue weighted by atomic mass is 10.1. The first-order chi connectivity index (χ1) is 8.58. The summed E-state index contributed by atoms with van der Waals surface area (Å²) in [5.74, 6) is 1.75. The number of aryl methyl sites for hydroxylation is 1. The van der Waals surface area contributed by atoms with Crippen molar-refractivity contribution in [2.75, 3.05) is 0 Å². The van der Waals surface area contributed by atoms with Crippen LogP contribution in [0.15, 0.2) is 42.5 Å². The Morgan fingerprint density at radius 3 is 2.28 bits per heavy atom. The van der Waals surface area contributed by atoms with Crippen LogP contribution in [0.25, 0.3) is 0 Å². The van der Waals surface area contributed by atoms with E-state index in [1.807, 2.05) is 43.3 Å². The fourth-order valence-electron chi connectivity index (χ4n) is 1.80. The molecule has 18 heavy (non-hydrogen) atoms. The van der Waals surface area contributed by atoms with Crippen molar-refractivity contribution in [1.29, 1.82) is 0 Å². The fraction of sp³-hybridized carbons (Fsp3) is 0.250. The lowest BCUT2D eigenvalue weighted by Crippen LogP contribution is -2.04. The Bertz CT molecular complexity index is 529. The van der Waals surface area contributed by atoms with Gasteiger partial charge in [0.05, 0.1) is 0 Å². The summed E-state index contributed by atoms with van der Waals surface area (Å²) in [5, 5.41) is 0. The van der Waals surface area contributed by atoms with Gasteiger partial charge in [-0.1, -0.05) is 24.3 Å². The molecular weight excluding hydrogens is 222 g/mol. The average Bonchev–Trinajstić information content (AvgIpc) is 2.36. The Morgan fingerprint density at radius 2 is 1.67 bits per heavy atom. The first-order valence-corrected chi connectivity index (χ1v) is 6.17. The van der Waals surface area contributed by atoms with E-state index in [-0.39, 0.29) is 6.04 Å². The lowest BCUT2D eigenvalue weighted by molar-refractivity contribution is 0.478. The van der Waals surface area contributed by atoms with Gasteiger partial charge in [0, 0.05) is 6.04 Å². The molecule has 2 N–H and O–H groups in total. The van der Waals surface area contributed by atoms with Gasteiger partial charge in [0.15, 0.2) is 0 Å². The van der Waals surface area contributed by atoms with Crippen LogP contribution in [0.1, 0.15) is 29.7 Å². The summed E-state index contributed by atoms with van der Waals surface area (Å²) < 4.78 is 5.88. The van der Waals surface area contributed by atoms with Gasteiger partial charge in [0.1, 0.15) is 11.5 Å². The van der Waals surface area contributed by atoms with E-state index in [2.05, 4.69) is 19.9 Å². The molecule has 2 aromatic rings. The molecule has 0 fully saturated rings. The van der Waals surface area contributed by atoms with Crippen LogP contribution in [0.5, 0.6) is 11.5 Å². The van der Waals surface area contributed by atoms with Crippen LogP contribution < -0.4 is 10.5 Å². The highest BCUT2D eigenvalue weighted by atomic mass is 16.5. The van der Waals surface area contributed by atoms with Crippen LogP contribution in [-0.2, 0) is 0 Å². The third-order valence-corrected chi connectivity index (χ3v) is 3.19. The highest BCUT2D eigenvalue weighted by Crippen LogP contribution is 2.27. The molecule has 0 aromatic heterocycles. The minimum atomic E-state index is 0.0553. The van der Waals surface area contributed by atoms with Crippen LogP contribution in [0.2, 0.25) is 0 Å². The fourth-order valence-corrected chi connectivity index (χ4v) is 1.80. The van der Waals surface area contributed by atoms with Crippen LogP contribution >= 0.6 is 0 Å². The molecule has 0 saturated heterocycles. The number of hydrogen-bond donors (Lipinski definition) is 1. The first kappa shape index (κ1) is 12.7. The maximum atomic E-state index is 5.88. The Morgan fingerprint density at radius 1 is 1.00 bits per heavy atom. The summed E-state index contributed by atoms with van der Waals surface area (Å²) in [6, 6.07) is 14.1. The van der Waals surface area contributed by atoms with E-state index in [9.17, 15) is 0 Å². The van der Waals surface area contributed by atoms with Crippen LogP contribution in [0.4, 0.5) is 0 Å². The van der Waals surface area contributed by atoms with Gasteiger partial charge in [-0.15, -0.1) is 0 Å². The van der Waals surface area contributed by atoms with Crippen molar-refractivity contribution in [2.24, 2.45) is 5.73 Å². The van der Waals surface area contributed by atoms with Crippen molar-refractivity contribution in [3.63, 3.8) is 0 Å². The van der Waals surface area contributed by atoms with Gasteiger partial charge in [-0.2, -0.15) is 0 Å². The third kappa shape index (κ3) is 2.71. The van der Waals surface area contributed by atoms with Gasteiger partial charge in [-0.05, 0) is 55.7 Å². The van der Waals surface area contributed by atoms with Crippen molar-refractivity contribution in [3.05, 3.63) is 59.2 Å². The molecule has 0 aliphatic carbocycles. The smallest absolute Gasteiger partial charge is 0.130 e. The molecule has 2 heteroatoms. The molecular formula is C16H19NO. The monoisotopic (exact) mass is 241 g/mol. The van der Waals surface area contributed by atoms with Gasteiger partial charge in [0.2, 0.25) is 0 Å². The first-order valence-electron chi connectivity index (χ1n) is 6.17. The SMILES string of the molecule is Cc1cccc(Oc2ccc(C(C)N)cc2)c1C. The molecule has 0 saturated carbocycles. The van der Waals surface area contributed by atoms with Crippen molar-refractivity contribution < 1.29 is 4.74 Å². The molecule has 2 nitrogen and oxygen atoms in total. The Hall–Kier alpha value is -1.80. The van der Waals surface area contributed by atoms with Crippen LogP contribution in [-0.4, -0.2) is 0 Å². The zero-order valence-corrected chi connectivity index (χ0v) is 11.1. The number of nitrogens with two attached hydrogens (primary N) is 1. The summed E-state index contributed by atoms with van der Waals surface area (Å²) >= 11 is 0. The van der Waals surface area contributed by atoms with E-state index < -0.39 is 0 Å². The highest BCUT2D eigenvalue weighted by molar-refractivity contribution is 5.41. The lowest BCUT2D eigenvalue weighted by Gasteiger charge is -2.11. The standard InChI is InChI=1S/C16H19NO/c1-11-5-4-6-16(12(11)2)18-15-9-7-14(8-10-15)13(3)17/h4-10,13H,17H2,1-3H3. The highest BCUT2D eigenvalue weighted by Gasteiger charge is 2.04. The predicted molar refractivity (Wildman–Crippen MR) is 75.0 cm³/mol. The summed E-state index contributed by atoms with van der Waals surface area (Å²) in [6.45, 7) is 6.13. The quantitative estimate of drug-likeness (QED) is 0.877. The number of benzene rings is 2. The maximum Gasteiger partial charge on any atom is 0.130 e. The van der Waals surface area contributed by atoms with Crippen molar-refractivity contribution in [3.8, 4) is 11.5 Å². The number of hydrogen-bond acceptors (Lipinski definition) is 2. The van der Waals surface area contributed by atoms with E-state index in [0.717, 1.165) is 17.1 Å². The second kappa shape index (κ2) is 5.23. The van der Waals surface area contributed by atoms with Gasteiger partial charge in [0.25, 0.3) is 0 Å². The molecule has 2 aromatic carbocycles. The van der Waals surface area contributed by atoms with Crippen LogP contribution in [0, 0.1) is 13.8 Å². The largest absolute Gasteiger partial charge is 0.457 e. The zero-order chi connectivity index (χ0) is 13.1. The van der Waals surface area contributed by atoms with E-state index in [4.69, 9.17) is 10.5 Å². The Balaban J connectivity index is 2.21. The topological polar surface area (TPSA) is 35.2 Å². The van der Waals surface area contributed by atoms with E-state index in [1.54, 1.807) is 0 Å². The molecule has 0 aliphatic heterocycles. The molecule has 0 aliphatic rings. The zero-order valence-electron chi connectivity index (χ0n) is 11.1. The molecule has 0 heterocycles. The summed E-state index contributed by atoms with van der Waals surface area (Å²) in [5.41, 5.74) is 9.34. The Kier molecular flexibility index (Phi) is 3.68. The molecule has 0 radical (unpaired) electrons. The van der Waals surface area contributed by atoms with Gasteiger partial charge in [-0.25, -0.2) is 0 Å². The number of rotatable bonds is 3. The summed E-state index contributed by atoms with van der Waals surface area (Å²) in [7, 11) is 0. The predicted octanol–water partition coefficient (Wildman–Crippen LogP) is 4.12. The van der Waals surface area contributed by atoms with Crippen LogP contribution in [0.3, 0.4) is 0 Å². The molecule has 1 unspecified atom stereocenters. The van der Waals surface area contributed by atoms with Crippen molar-refractivity contribution in [1.82, 2.24) is 0 Å². The van der Waals surface area contributed by atoms with Gasteiger partial charge >= 0.3 is 0 Å². The molecule has 1 atom stereocenters. The third-order valence-electron chi connectivity index (χ3n) is 3.19. The minimum absolute atomic E-state index is 0.0553. The van der Waals surface area contributed by atoms with Crippen molar-refractivity contribution >= 4 is 0 Å². The van der Waals surface area contributed by atoms with E-state index in [0.29, 0.717) is 0 Å². The molecule has 2 rings (SSSR count). The summed E-state index contributed by atoms with van der Waals surface area (Å²) in [6.07, 6.45) is 0. The Labute approximate surface area is 108 Å². The minimum Gasteiger partial charge on any atom is -0.457 e. The van der Waals surface area contributed by atoms with Gasteiger partial charge < -0.3 is 10.5 Å². The molecule has 0 amide bonds. The van der Waals surface area contributed by atoms with E-state index >= 15 is 0 Å². The number of ether oxygens (including phenoxy) is 1. The molecule has 94 valence electrons. The van der Waals surface area contributed by atoms with E-state index in [1.165, 1.54) is 11.1 Å². The second-order valence-electron chi connectivity index (χ2n) is 4.66. The maximum absolute atomic E-state index is 5.88. The summed E-state index contributed by atoms with van der Waals surface area (Å²) in [4.78, 5) is 0. The van der Waals surface area contributed by atoms with Gasteiger partial charge in [-0.3, -0.25) is 0 Å². The average molecular weight is 241 g/mol. The second-order valence-corrected chi connectivity index (χ2v) is 4.66. The molecule has 0 spiro atoms.